The number of carbonyl (C=O) groups excluding carboxylic acids is 3. The molecule has 10 heteroatoms. The highest BCUT2D eigenvalue weighted by Crippen LogP contribution is 2.49. The lowest BCUT2D eigenvalue weighted by Gasteiger charge is -2.55. The predicted molar refractivity (Wildman–Crippen MR) is 99.5 cm³/mol. The quantitative estimate of drug-likeness (QED) is 0.405. The van der Waals surface area contributed by atoms with Crippen molar-refractivity contribution in [3.8, 4) is 5.75 Å². The second kappa shape index (κ2) is 6.24. The molecule has 1 aromatic carbocycles. The van der Waals surface area contributed by atoms with Gasteiger partial charge in [0.25, 0.3) is 0 Å². The maximum Gasteiger partial charge on any atom is 0.328 e. The lowest BCUT2D eigenvalue weighted by molar-refractivity contribution is -0.153. The van der Waals surface area contributed by atoms with Crippen molar-refractivity contribution >= 4 is 29.2 Å². The van der Waals surface area contributed by atoms with E-state index in [0.29, 0.717) is 5.56 Å². The first-order chi connectivity index (χ1) is 13.6. The molecule has 0 aliphatic carbocycles. The highest BCUT2D eigenvalue weighted by Gasteiger charge is 2.63. The zero-order chi connectivity index (χ0) is 21.2. The smallest absolute Gasteiger partial charge is 0.328 e. The third-order valence-electron chi connectivity index (χ3n) is 5.90. The van der Waals surface area contributed by atoms with Crippen LogP contribution in [0.25, 0.3) is 0 Å². The number of rotatable bonds is 1. The van der Waals surface area contributed by atoms with Crippen molar-refractivity contribution in [1.29, 1.82) is 5.41 Å². The lowest BCUT2D eigenvalue weighted by Crippen LogP contribution is -2.75. The van der Waals surface area contributed by atoms with Crippen LogP contribution in [-0.2, 0) is 20.7 Å². The molecular formula is C19H21FN4O5. The van der Waals surface area contributed by atoms with Crippen molar-refractivity contribution in [2.75, 3.05) is 11.4 Å². The van der Waals surface area contributed by atoms with E-state index in [9.17, 15) is 19.5 Å². The van der Waals surface area contributed by atoms with Gasteiger partial charge in [0.15, 0.2) is 17.0 Å². The number of carbonyl (C=O) groups is 3. The molecular weight excluding hydrogens is 383 g/mol. The maximum absolute atomic E-state index is 15.3. The Morgan fingerprint density at radius 1 is 1.31 bits per heavy atom. The third-order valence-corrected chi connectivity index (χ3v) is 5.90. The van der Waals surface area contributed by atoms with E-state index in [1.165, 1.54) is 13.0 Å². The zero-order valence-electron chi connectivity index (χ0n) is 16.1. The van der Waals surface area contributed by atoms with Crippen LogP contribution in [0.1, 0.15) is 31.9 Å². The molecule has 3 heterocycles. The monoisotopic (exact) mass is 404 g/mol. The topological polar surface area (TPSA) is 132 Å². The van der Waals surface area contributed by atoms with Crippen LogP contribution in [0, 0.1) is 16.6 Å². The second-order valence-electron chi connectivity index (χ2n) is 7.85. The minimum absolute atomic E-state index is 0.0168. The molecule has 3 aliphatic rings. The lowest BCUT2D eigenvalue weighted by atomic mass is 9.66. The molecule has 0 saturated carbocycles. The normalized spacial score (nSPS) is 27.8. The number of ether oxygens (including phenoxy) is 1. The van der Waals surface area contributed by atoms with Crippen LogP contribution in [0.4, 0.5) is 14.9 Å². The second-order valence-corrected chi connectivity index (χ2v) is 7.85. The summed E-state index contributed by atoms with van der Waals surface area (Å²) in [5.74, 6) is -3.11. The number of barbiturate groups is 1. The molecule has 0 radical (unpaired) electrons. The van der Waals surface area contributed by atoms with Gasteiger partial charge in [-0.25, -0.2) is 9.18 Å². The first kappa shape index (κ1) is 19.3. The predicted octanol–water partition coefficient (Wildman–Crippen LogP) is 0.810. The third kappa shape index (κ3) is 2.55. The first-order valence-electron chi connectivity index (χ1n) is 9.26. The van der Waals surface area contributed by atoms with Gasteiger partial charge in [-0.1, -0.05) is 0 Å². The zero-order valence-corrected chi connectivity index (χ0v) is 16.1. The van der Waals surface area contributed by atoms with E-state index in [1.807, 2.05) is 0 Å². The summed E-state index contributed by atoms with van der Waals surface area (Å²) < 4.78 is 21.1. The summed E-state index contributed by atoms with van der Waals surface area (Å²) in [7, 11) is 0. The highest BCUT2D eigenvalue weighted by atomic mass is 19.1. The van der Waals surface area contributed by atoms with E-state index in [2.05, 4.69) is 10.6 Å². The summed E-state index contributed by atoms with van der Waals surface area (Å²) in [5, 5.41) is 22.4. The van der Waals surface area contributed by atoms with E-state index < -0.39 is 47.0 Å². The average molecular weight is 404 g/mol. The molecule has 4 N–H and O–H groups in total. The van der Waals surface area contributed by atoms with Crippen molar-refractivity contribution in [2.45, 2.75) is 45.4 Å². The Bertz CT molecular complexity index is 958. The molecule has 154 valence electrons. The van der Waals surface area contributed by atoms with Gasteiger partial charge in [-0.3, -0.25) is 20.2 Å². The van der Waals surface area contributed by atoms with Crippen molar-refractivity contribution < 1.29 is 28.6 Å². The molecule has 4 amide bonds. The van der Waals surface area contributed by atoms with Gasteiger partial charge in [0.1, 0.15) is 0 Å². The standard InChI is InChI=1S/C19H21FN4O5/c1-7-6-24-13-10(4-11(8(2)21)14(25)12(13)20)5-19(15(24)9(3)29-7)16(26)22-18(28)23-17(19)27/h4,7,9,15,21,25H,5-6H2,1-3H3,(H2,22,23,26,27,28)/t7-,9+,15-/m0/s1. The number of halogens is 1. The fraction of sp³-hybridized carbons (Fsp3) is 0.474. The van der Waals surface area contributed by atoms with Crippen LogP contribution in [0.3, 0.4) is 0 Å². The molecule has 3 aliphatic heterocycles. The van der Waals surface area contributed by atoms with Crippen molar-refractivity contribution in [3.63, 3.8) is 0 Å². The Labute approximate surface area is 165 Å². The molecule has 29 heavy (non-hydrogen) atoms. The molecule has 3 atom stereocenters. The number of anilines is 1. The number of morpholine rings is 1. The molecule has 4 rings (SSSR count). The summed E-state index contributed by atoms with van der Waals surface area (Å²) in [6, 6.07) is -0.371. The summed E-state index contributed by atoms with van der Waals surface area (Å²) in [6.45, 7) is 5.05. The van der Waals surface area contributed by atoms with E-state index in [0.717, 1.165) is 0 Å². The van der Waals surface area contributed by atoms with Crippen LogP contribution >= 0.6 is 0 Å². The Kier molecular flexibility index (Phi) is 4.16. The van der Waals surface area contributed by atoms with Crippen LogP contribution in [0.5, 0.6) is 5.75 Å². The average Bonchev–Trinajstić information content (AvgIpc) is 2.61. The van der Waals surface area contributed by atoms with Crippen molar-refractivity contribution in [1.82, 2.24) is 10.6 Å². The molecule has 0 bridgehead atoms. The molecule has 0 aromatic heterocycles. The van der Waals surface area contributed by atoms with Gasteiger partial charge in [0.05, 0.1) is 23.9 Å². The summed E-state index contributed by atoms with van der Waals surface area (Å²) in [6.07, 6.45) is -1.16. The maximum atomic E-state index is 15.3. The number of phenolic OH excluding ortho intramolecular Hbond substituents is 1. The largest absolute Gasteiger partial charge is 0.504 e. The van der Waals surface area contributed by atoms with Gasteiger partial charge in [0.2, 0.25) is 11.8 Å². The van der Waals surface area contributed by atoms with Crippen molar-refractivity contribution in [3.05, 3.63) is 23.0 Å². The van der Waals surface area contributed by atoms with Crippen LogP contribution in [-0.4, -0.2) is 53.5 Å². The Hall–Kier alpha value is -3.01. The minimum Gasteiger partial charge on any atom is -0.504 e. The Balaban J connectivity index is 1.99. The van der Waals surface area contributed by atoms with Gasteiger partial charge in [0, 0.05) is 24.2 Å². The summed E-state index contributed by atoms with van der Waals surface area (Å²) in [5.41, 5.74) is -1.41. The van der Waals surface area contributed by atoms with Crippen LogP contribution < -0.4 is 15.5 Å². The van der Waals surface area contributed by atoms with E-state index >= 15 is 4.39 Å². The van der Waals surface area contributed by atoms with Gasteiger partial charge in [-0.2, -0.15) is 0 Å². The SMILES string of the molecule is CC(=N)c1cc2c(c(F)c1O)N1C[C@H](C)O[C@H](C)[C@H]1C1(C2)C(=O)NC(=O)NC1=O. The number of fused-ring (bicyclic) bond motifs is 4. The van der Waals surface area contributed by atoms with Crippen LogP contribution in [0.2, 0.25) is 0 Å². The molecule has 1 spiro atoms. The van der Waals surface area contributed by atoms with Gasteiger partial charge in [-0.05, 0) is 32.4 Å². The fourth-order valence-electron chi connectivity index (χ4n) is 4.84. The molecule has 0 unspecified atom stereocenters. The Morgan fingerprint density at radius 3 is 2.52 bits per heavy atom. The number of aromatic hydroxyl groups is 1. The van der Waals surface area contributed by atoms with Crippen LogP contribution in [0.15, 0.2) is 6.07 Å². The number of nitrogens with zero attached hydrogens (tertiary/aromatic N) is 1. The number of hydrogen-bond donors (Lipinski definition) is 4. The first-order valence-corrected chi connectivity index (χ1v) is 9.26. The summed E-state index contributed by atoms with van der Waals surface area (Å²) >= 11 is 0. The Morgan fingerprint density at radius 2 is 1.93 bits per heavy atom. The molecule has 9 nitrogen and oxygen atoms in total. The van der Waals surface area contributed by atoms with E-state index in [-0.39, 0.29) is 36.0 Å². The number of urea groups is 1. The van der Waals surface area contributed by atoms with Gasteiger partial charge < -0.3 is 20.2 Å². The molecule has 2 saturated heterocycles. The number of phenols is 1. The van der Waals surface area contributed by atoms with E-state index in [1.54, 1.807) is 18.7 Å². The number of benzene rings is 1. The molecule has 1 aromatic rings. The van der Waals surface area contributed by atoms with Crippen molar-refractivity contribution in [2.24, 2.45) is 5.41 Å². The fourth-order valence-corrected chi connectivity index (χ4v) is 4.84. The van der Waals surface area contributed by atoms with Gasteiger partial charge >= 0.3 is 6.03 Å². The van der Waals surface area contributed by atoms with E-state index in [4.69, 9.17) is 10.1 Å². The molecule has 2 fully saturated rings. The number of imide groups is 2. The number of hydrogen-bond acceptors (Lipinski definition) is 7. The summed E-state index contributed by atoms with van der Waals surface area (Å²) in [4.78, 5) is 39.2. The highest BCUT2D eigenvalue weighted by molar-refractivity contribution is 6.20. The number of amides is 4. The number of nitrogens with one attached hydrogen (secondary N) is 3. The van der Waals surface area contributed by atoms with Gasteiger partial charge in [-0.15, -0.1) is 0 Å². The minimum atomic E-state index is -1.73.